The third kappa shape index (κ3) is 4.99. The standard InChI is InChI=1S/C24H26N4O3/c1-16-2-4-17(5-3-16)22(29)8-9-23(30)27-19-10-12-28(13-11-19)24(31)18-6-7-20-21(14-18)26-15-25-20/h2-7,14-15,19H,8-13H2,1H3,(H,25,26)(H,27,30). The summed E-state index contributed by atoms with van der Waals surface area (Å²) in [5, 5.41) is 3.01. The van der Waals surface area contributed by atoms with Crippen molar-refractivity contribution >= 4 is 28.6 Å². The fourth-order valence-electron chi connectivity index (χ4n) is 3.89. The van der Waals surface area contributed by atoms with Gasteiger partial charge in [-0.2, -0.15) is 0 Å². The number of H-pyrrole nitrogens is 1. The molecule has 7 heteroatoms. The van der Waals surface area contributed by atoms with E-state index in [0.29, 0.717) is 37.1 Å². The first-order valence-corrected chi connectivity index (χ1v) is 10.6. The maximum absolute atomic E-state index is 12.8. The van der Waals surface area contributed by atoms with Gasteiger partial charge in [0, 0.05) is 43.1 Å². The van der Waals surface area contributed by atoms with Crippen molar-refractivity contribution in [1.82, 2.24) is 20.2 Å². The third-order valence-corrected chi connectivity index (χ3v) is 5.77. The Bertz CT molecular complexity index is 1100. The first-order chi connectivity index (χ1) is 15.0. The van der Waals surface area contributed by atoms with E-state index in [4.69, 9.17) is 0 Å². The lowest BCUT2D eigenvalue weighted by Gasteiger charge is -2.32. The predicted molar refractivity (Wildman–Crippen MR) is 118 cm³/mol. The molecule has 0 spiro atoms. The molecule has 1 aromatic heterocycles. The van der Waals surface area contributed by atoms with Gasteiger partial charge in [-0.05, 0) is 38.0 Å². The summed E-state index contributed by atoms with van der Waals surface area (Å²) < 4.78 is 0. The third-order valence-electron chi connectivity index (χ3n) is 5.77. The van der Waals surface area contributed by atoms with E-state index in [1.54, 1.807) is 24.5 Å². The zero-order chi connectivity index (χ0) is 21.8. The number of carbonyl (C=O) groups excluding carboxylic acids is 3. The first-order valence-electron chi connectivity index (χ1n) is 10.6. The van der Waals surface area contributed by atoms with Gasteiger partial charge in [0.05, 0.1) is 17.4 Å². The second-order valence-corrected chi connectivity index (χ2v) is 8.06. The molecule has 0 radical (unpaired) electrons. The molecule has 160 valence electrons. The van der Waals surface area contributed by atoms with Gasteiger partial charge in [0.1, 0.15) is 0 Å². The number of carbonyl (C=O) groups is 3. The highest BCUT2D eigenvalue weighted by Crippen LogP contribution is 2.17. The molecule has 0 aliphatic carbocycles. The average molecular weight is 418 g/mol. The number of aromatic amines is 1. The average Bonchev–Trinajstić information content (AvgIpc) is 3.26. The van der Waals surface area contributed by atoms with Gasteiger partial charge in [-0.15, -0.1) is 0 Å². The Morgan fingerprint density at radius 1 is 1.03 bits per heavy atom. The van der Waals surface area contributed by atoms with Crippen LogP contribution >= 0.6 is 0 Å². The van der Waals surface area contributed by atoms with E-state index >= 15 is 0 Å². The minimum absolute atomic E-state index is 0.00929. The number of aromatic nitrogens is 2. The Morgan fingerprint density at radius 3 is 2.48 bits per heavy atom. The molecule has 0 bridgehead atoms. The molecule has 1 aliphatic heterocycles. The molecular weight excluding hydrogens is 392 g/mol. The predicted octanol–water partition coefficient (Wildman–Crippen LogP) is 3.26. The molecule has 0 saturated carbocycles. The van der Waals surface area contributed by atoms with E-state index in [1.165, 1.54) is 0 Å². The lowest BCUT2D eigenvalue weighted by atomic mass is 10.0. The summed E-state index contributed by atoms with van der Waals surface area (Å²) >= 11 is 0. The van der Waals surface area contributed by atoms with Crippen LogP contribution in [0.3, 0.4) is 0 Å². The Balaban J connectivity index is 1.23. The van der Waals surface area contributed by atoms with Crippen LogP contribution in [0, 0.1) is 6.92 Å². The van der Waals surface area contributed by atoms with E-state index < -0.39 is 0 Å². The molecule has 0 unspecified atom stereocenters. The largest absolute Gasteiger partial charge is 0.353 e. The normalized spacial score (nSPS) is 14.5. The van der Waals surface area contributed by atoms with Crippen molar-refractivity contribution in [2.24, 2.45) is 0 Å². The monoisotopic (exact) mass is 418 g/mol. The van der Waals surface area contributed by atoms with Crippen LogP contribution in [0.4, 0.5) is 0 Å². The number of aryl methyl sites for hydroxylation is 1. The molecular formula is C24H26N4O3. The van der Waals surface area contributed by atoms with E-state index in [1.807, 2.05) is 36.1 Å². The summed E-state index contributed by atoms with van der Waals surface area (Å²) in [4.78, 5) is 46.3. The van der Waals surface area contributed by atoms with Gasteiger partial charge < -0.3 is 15.2 Å². The quantitative estimate of drug-likeness (QED) is 0.601. The highest BCUT2D eigenvalue weighted by atomic mass is 16.2. The van der Waals surface area contributed by atoms with Crippen molar-refractivity contribution in [2.45, 2.75) is 38.6 Å². The summed E-state index contributed by atoms with van der Waals surface area (Å²) in [7, 11) is 0. The molecule has 2 aromatic carbocycles. The number of rotatable bonds is 6. The van der Waals surface area contributed by atoms with E-state index in [-0.39, 0.29) is 36.5 Å². The summed E-state index contributed by atoms with van der Waals surface area (Å²) in [5.74, 6) is -0.148. The lowest BCUT2D eigenvalue weighted by molar-refractivity contribution is -0.122. The van der Waals surface area contributed by atoms with Crippen molar-refractivity contribution < 1.29 is 14.4 Å². The van der Waals surface area contributed by atoms with Gasteiger partial charge in [0.2, 0.25) is 5.91 Å². The number of piperidine rings is 1. The second kappa shape index (κ2) is 9.12. The van der Waals surface area contributed by atoms with Crippen LogP contribution in [-0.2, 0) is 4.79 Å². The maximum Gasteiger partial charge on any atom is 0.253 e. The molecule has 7 nitrogen and oxygen atoms in total. The number of benzene rings is 2. The fraction of sp³-hybridized carbons (Fsp3) is 0.333. The number of hydrogen-bond donors (Lipinski definition) is 2. The number of amides is 2. The lowest BCUT2D eigenvalue weighted by Crippen LogP contribution is -2.46. The number of nitrogens with zero attached hydrogens (tertiary/aromatic N) is 2. The zero-order valence-corrected chi connectivity index (χ0v) is 17.6. The first kappa shape index (κ1) is 20.8. The van der Waals surface area contributed by atoms with E-state index in [9.17, 15) is 14.4 Å². The summed E-state index contributed by atoms with van der Waals surface area (Å²) in [6.45, 7) is 3.15. The number of fused-ring (bicyclic) bond motifs is 1. The van der Waals surface area contributed by atoms with Crippen LogP contribution in [0.1, 0.15) is 52.0 Å². The molecule has 1 aliphatic rings. The highest BCUT2D eigenvalue weighted by molar-refractivity contribution is 5.98. The zero-order valence-electron chi connectivity index (χ0n) is 17.6. The minimum atomic E-state index is -0.116. The minimum Gasteiger partial charge on any atom is -0.353 e. The second-order valence-electron chi connectivity index (χ2n) is 8.06. The molecule has 3 aromatic rings. The Labute approximate surface area is 180 Å². The summed E-state index contributed by atoms with van der Waals surface area (Å²) in [6, 6.07) is 12.9. The van der Waals surface area contributed by atoms with Crippen molar-refractivity contribution in [1.29, 1.82) is 0 Å². The molecule has 0 atom stereocenters. The molecule has 2 heterocycles. The smallest absolute Gasteiger partial charge is 0.253 e. The maximum atomic E-state index is 12.8. The molecule has 4 rings (SSSR count). The molecule has 31 heavy (non-hydrogen) atoms. The van der Waals surface area contributed by atoms with Crippen LogP contribution in [0.25, 0.3) is 11.0 Å². The van der Waals surface area contributed by atoms with Gasteiger partial charge in [-0.1, -0.05) is 29.8 Å². The molecule has 1 saturated heterocycles. The van der Waals surface area contributed by atoms with Crippen molar-refractivity contribution in [3.8, 4) is 0 Å². The van der Waals surface area contributed by atoms with Crippen molar-refractivity contribution in [3.05, 3.63) is 65.5 Å². The van der Waals surface area contributed by atoms with E-state index in [2.05, 4.69) is 15.3 Å². The van der Waals surface area contributed by atoms with Crippen molar-refractivity contribution in [2.75, 3.05) is 13.1 Å². The fourth-order valence-corrected chi connectivity index (χ4v) is 3.89. The van der Waals surface area contributed by atoms with Crippen LogP contribution in [0.15, 0.2) is 48.8 Å². The Morgan fingerprint density at radius 2 is 1.74 bits per heavy atom. The Hall–Kier alpha value is -3.48. The van der Waals surface area contributed by atoms with Crippen LogP contribution < -0.4 is 5.32 Å². The summed E-state index contributed by atoms with van der Waals surface area (Å²) in [6.07, 6.45) is 3.39. The highest BCUT2D eigenvalue weighted by Gasteiger charge is 2.25. The van der Waals surface area contributed by atoms with Gasteiger partial charge in [0.15, 0.2) is 5.78 Å². The van der Waals surface area contributed by atoms with Gasteiger partial charge in [0.25, 0.3) is 5.91 Å². The number of Topliss-reactive ketones (excluding diaryl/α,β-unsaturated/α-hetero) is 1. The summed E-state index contributed by atoms with van der Waals surface area (Å²) in [5.41, 5.74) is 4.04. The molecule has 2 N–H and O–H groups in total. The number of likely N-dealkylation sites (tertiary alicyclic amines) is 1. The topological polar surface area (TPSA) is 95.2 Å². The number of hydrogen-bond acceptors (Lipinski definition) is 4. The Kier molecular flexibility index (Phi) is 6.11. The van der Waals surface area contributed by atoms with Gasteiger partial charge in [-0.3, -0.25) is 14.4 Å². The number of ketones is 1. The number of imidazole rings is 1. The molecule has 2 amide bonds. The van der Waals surface area contributed by atoms with Crippen LogP contribution in [-0.4, -0.2) is 51.6 Å². The van der Waals surface area contributed by atoms with E-state index in [0.717, 1.165) is 16.6 Å². The van der Waals surface area contributed by atoms with Gasteiger partial charge in [-0.25, -0.2) is 4.98 Å². The van der Waals surface area contributed by atoms with Crippen molar-refractivity contribution in [3.63, 3.8) is 0 Å². The van der Waals surface area contributed by atoms with Crippen LogP contribution in [0.2, 0.25) is 0 Å². The van der Waals surface area contributed by atoms with Crippen LogP contribution in [0.5, 0.6) is 0 Å². The number of nitrogens with one attached hydrogen (secondary N) is 2. The molecule has 1 fully saturated rings. The SMILES string of the molecule is Cc1ccc(C(=O)CCC(=O)NC2CCN(C(=O)c3ccc4nc[nH]c4c3)CC2)cc1. The van der Waals surface area contributed by atoms with Gasteiger partial charge >= 0.3 is 0 Å².